The minimum atomic E-state index is -0.228. The first kappa shape index (κ1) is 15.7. The summed E-state index contributed by atoms with van der Waals surface area (Å²) in [5.41, 5.74) is 6.95. The number of methoxy groups -OCH3 is 1. The van der Waals surface area contributed by atoms with Gasteiger partial charge in [-0.1, -0.05) is 30.7 Å². The van der Waals surface area contributed by atoms with Crippen molar-refractivity contribution in [2.75, 3.05) is 7.11 Å². The SMILES string of the molecule is C=CCC1=C[C@]2(C)[C@@H](O)CC[C@H]2C2=C1c1ccc(OC)cc1CC2. The van der Waals surface area contributed by atoms with Gasteiger partial charge in [-0.25, -0.2) is 0 Å². The van der Waals surface area contributed by atoms with Crippen molar-refractivity contribution < 1.29 is 9.84 Å². The zero-order valence-electron chi connectivity index (χ0n) is 14.6. The summed E-state index contributed by atoms with van der Waals surface area (Å²) < 4.78 is 5.41. The van der Waals surface area contributed by atoms with Crippen molar-refractivity contribution in [1.29, 1.82) is 0 Å². The van der Waals surface area contributed by atoms with Gasteiger partial charge < -0.3 is 9.84 Å². The summed E-state index contributed by atoms with van der Waals surface area (Å²) in [4.78, 5) is 0. The lowest BCUT2D eigenvalue weighted by Crippen LogP contribution is -2.35. The van der Waals surface area contributed by atoms with Crippen molar-refractivity contribution in [3.8, 4) is 5.75 Å². The molecule has 1 aromatic rings. The lowest BCUT2D eigenvalue weighted by molar-refractivity contribution is 0.0818. The minimum absolute atomic E-state index is 0.110. The van der Waals surface area contributed by atoms with Crippen molar-refractivity contribution in [3.63, 3.8) is 0 Å². The van der Waals surface area contributed by atoms with Crippen LogP contribution in [0, 0.1) is 11.3 Å². The molecule has 2 heteroatoms. The van der Waals surface area contributed by atoms with Crippen LogP contribution in [0.25, 0.3) is 5.57 Å². The number of hydrogen-bond acceptors (Lipinski definition) is 2. The molecule has 0 saturated heterocycles. The molecule has 0 spiro atoms. The van der Waals surface area contributed by atoms with Crippen LogP contribution in [-0.2, 0) is 6.42 Å². The average Bonchev–Trinajstić information content (AvgIpc) is 2.89. The van der Waals surface area contributed by atoms with E-state index in [0.717, 1.165) is 37.9 Å². The maximum atomic E-state index is 10.6. The van der Waals surface area contributed by atoms with E-state index in [1.807, 2.05) is 6.08 Å². The highest BCUT2D eigenvalue weighted by Crippen LogP contribution is 2.57. The van der Waals surface area contributed by atoms with E-state index >= 15 is 0 Å². The summed E-state index contributed by atoms with van der Waals surface area (Å²) in [6.45, 7) is 6.20. The molecule has 3 aliphatic rings. The van der Waals surface area contributed by atoms with Crippen molar-refractivity contribution in [1.82, 2.24) is 0 Å². The number of aliphatic hydroxyl groups is 1. The summed E-state index contributed by atoms with van der Waals surface area (Å²) in [6.07, 6.45) is 9.14. The molecule has 1 saturated carbocycles. The Bertz CT molecular complexity index is 755. The lowest BCUT2D eigenvalue weighted by atomic mass is 9.63. The molecule has 0 aliphatic heterocycles. The Morgan fingerprint density at radius 1 is 1.33 bits per heavy atom. The third-order valence-electron chi connectivity index (χ3n) is 6.36. The molecule has 24 heavy (non-hydrogen) atoms. The summed E-state index contributed by atoms with van der Waals surface area (Å²) in [5, 5.41) is 10.6. The van der Waals surface area contributed by atoms with Crippen LogP contribution in [0.15, 0.2) is 48.1 Å². The zero-order chi connectivity index (χ0) is 16.9. The number of ether oxygens (including phenoxy) is 1. The largest absolute Gasteiger partial charge is 0.497 e. The molecule has 2 nitrogen and oxygen atoms in total. The summed E-state index contributed by atoms with van der Waals surface area (Å²) in [5.74, 6) is 1.41. The summed E-state index contributed by atoms with van der Waals surface area (Å²) >= 11 is 0. The highest BCUT2D eigenvalue weighted by Gasteiger charge is 2.49. The number of benzene rings is 1. The topological polar surface area (TPSA) is 29.5 Å². The van der Waals surface area contributed by atoms with Gasteiger partial charge in [0.25, 0.3) is 0 Å². The quantitative estimate of drug-likeness (QED) is 0.818. The molecule has 1 N–H and O–H groups in total. The maximum absolute atomic E-state index is 10.6. The van der Waals surface area contributed by atoms with Crippen molar-refractivity contribution in [2.24, 2.45) is 11.3 Å². The molecular weight excluding hydrogens is 296 g/mol. The number of aryl methyl sites for hydroxylation is 1. The second-order valence-corrected chi connectivity index (χ2v) is 7.60. The molecule has 4 rings (SSSR count). The van der Waals surface area contributed by atoms with E-state index in [4.69, 9.17) is 4.74 Å². The van der Waals surface area contributed by atoms with E-state index in [9.17, 15) is 5.11 Å². The number of allylic oxidation sites excluding steroid dienone is 4. The zero-order valence-corrected chi connectivity index (χ0v) is 14.6. The van der Waals surface area contributed by atoms with Gasteiger partial charge in [0.15, 0.2) is 0 Å². The highest BCUT2D eigenvalue weighted by atomic mass is 16.5. The van der Waals surface area contributed by atoms with E-state index in [-0.39, 0.29) is 11.5 Å². The van der Waals surface area contributed by atoms with E-state index in [1.54, 1.807) is 12.7 Å². The minimum Gasteiger partial charge on any atom is -0.497 e. The fourth-order valence-corrected chi connectivity index (χ4v) is 5.13. The van der Waals surface area contributed by atoms with Gasteiger partial charge in [0, 0.05) is 5.41 Å². The average molecular weight is 322 g/mol. The molecule has 0 unspecified atom stereocenters. The Morgan fingerprint density at radius 3 is 2.92 bits per heavy atom. The van der Waals surface area contributed by atoms with E-state index < -0.39 is 0 Å². The first-order valence-electron chi connectivity index (χ1n) is 9.00. The summed E-state index contributed by atoms with van der Waals surface area (Å²) in [6, 6.07) is 6.47. The van der Waals surface area contributed by atoms with Gasteiger partial charge in [0.05, 0.1) is 13.2 Å². The molecule has 3 atom stereocenters. The molecule has 0 aromatic heterocycles. The Morgan fingerprint density at radius 2 is 2.17 bits per heavy atom. The van der Waals surface area contributed by atoms with Gasteiger partial charge in [0.2, 0.25) is 0 Å². The van der Waals surface area contributed by atoms with Gasteiger partial charge in [-0.3, -0.25) is 0 Å². The van der Waals surface area contributed by atoms with E-state index in [1.165, 1.54) is 22.3 Å². The molecule has 3 aliphatic carbocycles. The van der Waals surface area contributed by atoms with Crippen LogP contribution < -0.4 is 4.74 Å². The van der Waals surface area contributed by atoms with Crippen molar-refractivity contribution in [3.05, 3.63) is 59.2 Å². The third kappa shape index (κ3) is 2.12. The Kier molecular flexibility index (Phi) is 3.69. The molecule has 1 fully saturated rings. The van der Waals surface area contributed by atoms with Crippen LogP contribution in [0.2, 0.25) is 0 Å². The van der Waals surface area contributed by atoms with Crippen molar-refractivity contribution >= 4 is 5.57 Å². The van der Waals surface area contributed by atoms with Gasteiger partial charge in [0.1, 0.15) is 5.75 Å². The summed E-state index contributed by atoms with van der Waals surface area (Å²) in [7, 11) is 1.73. The van der Waals surface area contributed by atoms with E-state index in [0.29, 0.717) is 5.92 Å². The number of hydrogen-bond donors (Lipinski definition) is 1. The van der Waals surface area contributed by atoms with Gasteiger partial charge >= 0.3 is 0 Å². The third-order valence-corrected chi connectivity index (χ3v) is 6.36. The molecule has 126 valence electrons. The lowest BCUT2D eigenvalue weighted by Gasteiger charge is -2.42. The highest BCUT2D eigenvalue weighted by molar-refractivity contribution is 5.86. The molecule has 0 heterocycles. The van der Waals surface area contributed by atoms with Crippen molar-refractivity contribution in [2.45, 2.75) is 45.1 Å². The van der Waals surface area contributed by atoms with Gasteiger partial charge in [-0.05, 0) is 72.4 Å². The number of fused-ring (bicyclic) bond motifs is 4. The van der Waals surface area contributed by atoms with Gasteiger partial charge in [-0.15, -0.1) is 6.58 Å². The molecule has 0 amide bonds. The van der Waals surface area contributed by atoms with Gasteiger partial charge in [-0.2, -0.15) is 0 Å². The Balaban J connectivity index is 1.89. The normalized spacial score (nSPS) is 31.0. The van der Waals surface area contributed by atoms with Crippen LogP contribution in [0.3, 0.4) is 0 Å². The predicted octanol–water partition coefficient (Wildman–Crippen LogP) is 4.69. The van der Waals surface area contributed by atoms with Crippen LogP contribution in [0.1, 0.15) is 43.7 Å². The van der Waals surface area contributed by atoms with Crippen LogP contribution in [-0.4, -0.2) is 18.3 Å². The Labute approximate surface area is 144 Å². The molecular formula is C22H26O2. The second kappa shape index (κ2) is 5.63. The smallest absolute Gasteiger partial charge is 0.119 e. The maximum Gasteiger partial charge on any atom is 0.119 e. The second-order valence-electron chi connectivity index (χ2n) is 7.60. The molecule has 0 bridgehead atoms. The first-order valence-corrected chi connectivity index (χ1v) is 9.00. The van der Waals surface area contributed by atoms with E-state index in [2.05, 4.69) is 37.8 Å². The Hall–Kier alpha value is -1.80. The molecule has 0 radical (unpaired) electrons. The predicted molar refractivity (Wildman–Crippen MR) is 98.0 cm³/mol. The fourth-order valence-electron chi connectivity index (χ4n) is 5.13. The number of rotatable bonds is 3. The monoisotopic (exact) mass is 322 g/mol. The van der Waals surface area contributed by atoms with Crippen LogP contribution >= 0.6 is 0 Å². The standard InChI is InChI=1S/C22H26O2/c1-4-5-15-13-22(2)19(10-11-20(22)23)18-8-6-14-12-16(24-3)7-9-17(14)21(15)18/h4,7,9,12-13,19-20,23H,1,5-6,8,10-11H2,2-3H3/t19-,20-,22-/m0/s1. The fraction of sp³-hybridized carbons (Fsp3) is 0.455. The first-order chi connectivity index (χ1) is 11.6. The van der Waals surface area contributed by atoms with Crippen LogP contribution in [0.4, 0.5) is 0 Å². The molecule has 1 aromatic carbocycles. The van der Waals surface area contributed by atoms with Crippen LogP contribution in [0.5, 0.6) is 5.75 Å². The number of aliphatic hydroxyl groups excluding tert-OH is 1.